The molecule has 2 heteroatoms. The first-order chi connectivity index (χ1) is 24.8. The molecular formula is C48H32N2. The summed E-state index contributed by atoms with van der Waals surface area (Å²) >= 11 is 0. The van der Waals surface area contributed by atoms with E-state index in [2.05, 4.69) is 203 Å². The van der Waals surface area contributed by atoms with Crippen LogP contribution in [0.2, 0.25) is 0 Å². The number of rotatable bonds is 5. The Kier molecular flexibility index (Phi) is 6.53. The molecule has 0 bridgehead atoms. The summed E-state index contributed by atoms with van der Waals surface area (Å²) in [6.07, 6.45) is 0. The second-order valence-electron chi connectivity index (χ2n) is 13.0. The van der Waals surface area contributed by atoms with Crippen molar-refractivity contribution in [2.75, 3.05) is 0 Å². The summed E-state index contributed by atoms with van der Waals surface area (Å²) in [7, 11) is 0. The third-order valence-electron chi connectivity index (χ3n) is 10.1. The van der Waals surface area contributed by atoms with Crippen LogP contribution in [0.15, 0.2) is 194 Å². The van der Waals surface area contributed by atoms with E-state index in [1.54, 1.807) is 0 Å². The predicted octanol–water partition coefficient (Wildman–Crippen LogP) is 12.9. The van der Waals surface area contributed by atoms with E-state index in [4.69, 9.17) is 0 Å². The van der Waals surface area contributed by atoms with Gasteiger partial charge in [-0.15, -0.1) is 0 Å². The van der Waals surface area contributed by atoms with E-state index >= 15 is 0 Å². The Morgan fingerprint density at radius 1 is 0.260 bits per heavy atom. The lowest BCUT2D eigenvalue weighted by Gasteiger charge is -2.12. The minimum absolute atomic E-state index is 1.15. The third kappa shape index (κ3) is 4.50. The Hall–Kier alpha value is -6.64. The number of fused-ring (bicyclic) bond motifs is 7. The molecule has 0 spiro atoms. The van der Waals surface area contributed by atoms with Gasteiger partial charge in [-0.1, -0.05) is 140 Å². The molecule has 10 rings (SSSR count). The topological polar surface area (TPSA) is 9.86 Å². The van der Waals surface area contributed by atoms with Crippen molar-refractivity contribution in [3.05, 3.63) is 194 Å². The first-order valence-corrected chi connectivity index (χ1v) is 17.2. The van der Waals surface area contributed by atoms with Gasteiger partial charge in [0, 0.05) is 32.9 Å². The zero-order chi connectivity index (χ0) is 33.0. The molecule has 0 radical (unpaired) electrons. The van der Waals surface area contributed by atoms with Crippen molar-refractivity contribution in [1.29, 1.82) is 0 Å². The predicted molar refractivity (Wildman–Crippen MR) is 211 cm³/mol. The largest absolute Gasteiger partial charge is 0.309 e. The maximum absolute atomic E-state index is 2.46. The Morgan fingerprint density at radius 3 is 1.52 bits per heavy atom. The van der Waals surface area contributed by atoms with Gasteiger partial charge in [-0.3, -0.25) is 0 Å². The van der Waals surface area contributed by atoms with Gasteiger partial charge in [0.2, 0.25) is 0 Å². The standard InChI is InChI=1S/C48H32N2/c1-4-14-33(15-5-1)35-18-12-19-36(30-35)37-20-13-23-40(31-37)49-44-25-11-10-24-42(44)47-46(49)29-27-41-43-32-38(34-16-6-2-7-17-34)26-28-45(43)50(48(41)47)39-21-8-3-9-22-39/h1-32H. The Bertz CT molecular complexity index is 2840. The molecule has 0 aliphatic rings. The Morgan fingerprint density at radius 2 is 0.780 bits per heavy atom. The fourth-order valence-electron chi connectivity index (χ4n) is 7.83. The Balaban J connectivity index is 1.24. The van der Waals surface area contributed by atoms with Gasteiger partial charge in [-0.2, -0.15) is 0 Å². The van der Waals surface area contributed by atoms with Gasteiger partial charge in [0.05, 0.1) is 22.1 Å². The monoisotopic (exact) mass is 636 g/mol. The maximum atomic E-state index is 2.46. The molecule has 0 saturated carbocycles. The Labute approximate surface area is 290 Å². The van der Waals surface area contributed by atoms with Gasteiger partial charge in [0.1, 0.15) is 0 Å². The highest BCUT2D eigenvalue weighted by atomic mass is 15.0. The van der Waals surface area contributed by atoms with Gasteiger partial charge in [-0.05, 0) is 88.0 Å². The van der Waals surface area contributed by atoms with Crippen LogP contribution in [-0.4, -0.2) is 9.13 Å². The summed E-state index contributed by atoms with van der Waals surface area (Å²) in [5, 5.41) is 5.01. The van der Waals surface area contributed by atoms with Crippen molar-refractivity contribution < 1.29 is 0 Å². The lowest BCUT2D eigenvalue weighted by atomic mass is 9.99. The van der Waals surface area contributed by atoms with Gasteiger partial charge < -0.3 is 9.13 Å². The molecule has 50 heavy (non-hydrogen) atoms. The van der Waals surface area contributed by atoms with Gasteiger partial charge in [-0.25, -0.2) is 0 Å². The molecule has 0 amide bonds. The number of nitrogens with zero attached hydrogens (tertiary/aromatic N) is 2. The second kappa shape index (κ2) is 11.5. The molecule has 2 nitrogen and oxygen atoms in total. The summed E-state index contributed by atoms with van der Waals surface area (Å²) < 4.78 is 4.90. The average molecular weight is 637 g/mol. The number of hydrogen-bond donors (Lipinski definition) is 0. The minimum Gasteiger partial charge on any atom is -0.309 e. The van der Waals surface area contributed by atoms with Crippen LogP contribution in [0.1, 0.15) is 0 Å². The summed E-state index contributed by atoms with van der Waals surface area (Å²) in [6, 6.07) is 70.3. The zero-order valence-corrected chi connectivity index (χ0v) is 27.4. The molecule has 0 unspecified atom stereocenters. The quantitative estimate of drug-likeness (QED) is 0.178. The van der Waals surface area contributed by atoms with Gasteiger partial charge in [0.25, 0.3) is 0 Å². The van der Waals surface area contributed by atoms with Crippen LogP contribution in [0.25, 0.3) is 88.4 Å². The number of hydrogen-bond acceptors (Lipinski definition) is 0. The van der Waals surface area contributed by atoms with E-state index in [0.717, 1.165) is 11.4 Å². The SMILES string of the molecule is c1ccc(-c2cccc(-c3cccc(-n4c5ccccc5c5c4ccc4c6cc(-c7ccccc7)ccc6n(-c6ccccc6)c45)c3)c2)cc1. The van der Waals surface area contributed by atoms with Crippen LogP contribution >= 0.6 is 0 Å². The summed E-state index contributed by atoms with van der Waals surface area (Å²) in [5.74, 6) is 0. The number of aromatic nitrogens is 2. The van der Waals surface area contributed by atoms with Crippen molar-refractivity contribution >= 4 is 43.6 Å². The van der Waals surface area contributed by atoms with Gasteiger partial charge in [0.15, 0.2) is 0 Å². The van der Waals surface area contributed by atoms with Crippen molar-refractivity contribution in [3.63, 3.8) is 0 Å². The summed E-state index contributed by atoms with van der Waals surface area (Å²) in [6.45, 7) is 0. The zero-order valence-electron chi connectivity index (χ0n) is 27.4. The van der Waals surface area contributed by atoms with Crippen LogP contribution in [0.4, 0.5) is 0 Å². The highest BCUT2D eigenvalue weighted by molar-refractivity contribution is 6.26. The summed E-state index contributed by atoms with van der Waals surface area (Å²) in [5.41, 5.74) is 14.4. The van der Waals surface area contributed by atoms with Crippen LogP contribution in [0.3, 0.4) is 0 Å². The van der Waals surface area contributed by atoms with E-state index < -0.39 is 0 Å². The lowest BCUT2D eigenvalue weighted by Crippen LogP contribution is -1.95. The van der Waals surface area contributed by atoms with Crippen LogP contribution < -0.4 is 0 Å². The highest BCUT2D eigenvalue weighted by Gasteiger charge is 2.21. The van der Waals surface area contributed by atoms with Crippen LogP contribution in [0, 0.1) is 0 Å². The second-order valence-corrected chi connectivity index (χ2v) is 13.0. The third-order valence-corrected chi connectivity index (χ3v) is 10.1. The van der Waals surface area contributed by atoms with E-state index in [-0.39, 0.29) is 0 Å². The molecule has 2 heterocycles. The maximum Gasteiger partial charge on any atom is 0.0641 e. The van der Waals surface area contributed by atoms with Crippen molar-refractivity contribution in [2.45, 2.75) is 0 Å². The van der Waals surface area contributed by atoms with Gasteiger partial charge >= 0.3 is 0 Å². The molecule has 0 aliphatic carbocycles. The molecule has 2 aromatic heterocycles. The highest BCUT2D eigenvalue weighted by Crippen LogP contribution is 2.43. The van der Waals surface area contributed by atoms with Crippen LogP contribution in [-0.2, 0) is 0 Å². The van der Waals surface area contributed by atoms with Crippen molar-refractivity contribution in [1.82, 2.24) is 9.13 Å². The number of benzene rings is 8. The van der Waals surface area contributed by atoms with Crippen LogP contribution in [0.5, 0.6) is 0 Å². The molecule has 234 valence electrons. The fraction of sp³-hybridized carbons (Fsp3) is 0. The molecule has 0 saturated heterocycles. The van der Waals surface area contributed by atoms with E-state index in [0.29, 0.717) is 0 Å². The average Bonchev–Trinajstić information content (AvgIpc) is 3.71. The molecule has 10 aromatic rings. The molecular weight excluding hydrogens is 605 g/mol. The summed E-state index contributed by atoms with van der Waals surface area (Å²) in [4.78, 5) is 0. The van der Waals surface area contributed by atoms with E-state index in [1.165, 1.54) is 77.0 Å². The number of para-hydroxylation sites is 2. The first kappa shape index (κ1) is 28.4. The molecule has 0 atom stereocenters. The molecule has 8 aromatic carbocycles. The van der Waals surface area contributed by atoms with E-state index in [1.807, 2.05) is 0 Å². The first-order valence-electron chi connectivity index (χ1n) is 17.2. The van der Waals surface area contributed by atoms with Crippen molar-refractivity contribution in [3.8, 4) is 44.8 Å². The molecule has 0 aliphatic heterocycles. The van der Waals surface area contributed by atoms with Crippen molar-refractivity contribution in [2.24, 2.45) is 0 Å². The molecule has 0 fully saturated rings. The minimum atomic E-state index is 1.15. The normalized spacial score (nSPS) is 11.6. The fourth-order valence-corrected chi connectivity index (χ4v) is 7.83. The van der Waals surface area contributed by atoms with E-state index in [9.17, 15) is 0 Å². The smallest absolute Gasteiger partial charge is 0.0641 e. The lowest BCUT2D eigenvalue weighted by molar-refractivity contribution is 1.17. The molecule has 0 N–H and O–H groups in total.